The lowest BCUT2D eigenvalue weighted by Gasteiger charge is -2.14. The molecule has 0 aliphatic heterocycles. The monoisotopic (exact) mass is 398 g/mol. The molecule has 0 bridgehead atoms. The van der Waals surface area contributed by atoms with E-state index in [2.05, 4.69) is 10.0 Å². The van der Waals surface area contributed by atoms with Gasteiger partial charge in [-0.2, -0.15) is 0 Å². The van der Waals surface area contributed by atoms with Gasteiger partial charge in [0, 0.05) is 11.3 Å². The number of aryl methyl sites for hydroxylation is 2. The van der Waals surface area contributed by atoms with Crippen LogP contribution in [0.25, 0.3) is 0 Å². The van der Waals surface area contributed by atoms with Crippen LogP contribution in [0.15, 0.2) is 70.2 Å². The molecule has 2 N–H and O–H groups in total. The topological polar surface area (TPSA) is 88.4 Å². The van der Waals surface area contributed by atoms with Crippen molar-refractivity contribution in [3.63, 3.8) is 0 Å². The Morgan fingerprint density at radius 2 is 1.82 bits per heavy atom. The van der Waals surface area contributed by atoms with Crippen LogP contribution >= 0.6 is 0 Å². The van der Waals surface area contributed by atoms with Gasteiger partial charge in [-0.1, -0.05) is 18.2 Å². The molecule has 3 rings (SSSR count). The maximum absolute atomic E-state index is 12.8. The zero-order chi connectivity index (χ0) is 20.3. The molecule has 0 aliphatic rings. The lowest BCUT2D eigenvalue weighted by molar-refractivity contribution is 0.0935. The number of anilines is 1. The van der Waals surface area contributed by atoms with Crippen molar-refractivity contribution < 1.29 is 17.6 Å². The minimum Gasteiger partial charge on any atom is -0.467 e. The van der Waals surface area contributed by atoms with E-state index >= 15 is 0 Å². The van der Waals surface area contributed by atoms with Crippen molar-refractivity contribution in [3.8, 4) is 0 Å². The van der Waals surface area contributed by atoms with Crippen molar-refractivity contribution in [1.29, 1.82) is 0 Å². The Hall–Kier alpha value is -3.06. The lowest BCUT2D eigenvalue weighted by atomic mass is 10.1. The highest BCUT2D eigenvalue weighted by Crippen LogP contribution is 2.22. The number of carbonyl (C=O) groups excluding carboxylic acids is 1. The first-order chi connectivity index (χ1) is 13.3. The Morgan fingerprint density at radius 1 is 1.04 bits per heavy atom. The molecule has 0 radical (unpaired) electrons. The van der Waals surface area contributed by atoms with Crippen LogP contribution in [0, 0.1) is 13.8 Å². The highest BCUT2D eigenvalue weighted by Gasteiger charge is 2.18. The number of nitrogens with one attached hydrogen (secondary N) is 2. The summed E-state index contributed by atoms with van der Waals surface area (Å²) in [6.07, 6.45) is 1.54. The molecule has 28 heavy (non-hydrogen) atoms. The molecule has 1 amide bonds. The van der Waals surface area contributed by atoms with Crippen LogP contribution in [0.1, 0.15) is 40.2 Å². The van der Waals surface area contributed by atoms with Crippen molar-refractivity contribution in [1.82, 2.24) is 5.32 Å². The molecule has 1 heterocycles. The maximum atomic E-state index is 12.8. The van der Waals surface area contributed by atoms with E-state index in [0.717, 1.165) is 5.56 Å². The maximum Gasteiger partial charge on any atom is 0.262 e. The van der Waals surface area contributed by atoms with Crippen LogP contribution in [0.2, 0.25) is 0 Å². The second-order valence-electron chi connectivity index (χ2n) is 6.67. The van der Waals surface area contributed by atoms with E-state index in [9.17, 15) is 13.2 Å². The molecule has 146 valence electrons. The van der Waals surface area contributed by atoms with Gasteiger partial charge in [0.2, 0.25) is 0 Å². The smallest absolute Gasteiger partial charge is 0.262 e. The minimum atomic E-state index is -3.76. The van der Waals surface area contributed by atoms with Crippen LogP contribution in [0.5, 0.6) is 0 Å². The summed E-state index contributed by atoms with van der Waals surface area (Å²) in [5.41, 5.74) is 2.17. The molecule has 7 heteroatoms. The second-order valence-corrected chi connectivity index (χ2v) is 8.32. The third-order valence-electron chi connectivity index (χ3n) is 4.33. The van der Waals surface area contributed by atoms with E-state index in [1.54, 1.807) is 55.7 Å². The summed E-state index contributed by atoms with van der Waals surface area (Å²) in [6, 6.07) is 14.8. The molecule has 1 aromatic heterocycles. The molecule has 0 unspecified atom stereocenters. The Balaban J connectivity index is 1.79. The van der Waals surface area contributed by atoms with E-state index in [-0.39, 0.29) is 16.8 Å². The minimum absolute atomic E-state index is 0.216. The summed E-state index contributed by atoms with van der Waals surface area (Å²) in [4.78, 5) is 12.7. The third kappa shape index (κ3) is 4.43. The van der Waals surface area contributed by atoms with Crippen LogP contribution in [0.3, 0.4) is 0 Å². The summed E-state index contributed by atoms with van der Waals surface area (Å²) < 4.78 is 33.4. The molecule has 0 aliphatic carbocycles. The zero-order valence-electron chi connectivity index (χ0n) is 15.9. The zero-order valence-corrected chi connectivity index (χ0v) is 16.7. The SMILES string of the molecule is Cc1ccc(C)c(S(=O)(=O)Nc2cccc(C(=O)N[C@H](C)c3ccco3)c2)c1. The van der Waals surface area contributed by atoms with Gasteiger partial charge in [0.15, 0.2) is 0 Å². The fourth-order valence-corrected chi connectivity index (χ4v) is 4.20. The van der Waals surface area contributed by atoms with Crippen LogP contribution in [0.4, 0.5) is 5.69 Å². The molecule has 0 saturated carbocycles. The van der Waals surface area contributed by atoms with Crippen molar-refractivity contribution >= 4 is 21.6 Å². The van der Waals surface area contributed by atoms with Gasteiger partial charge in [-0.15, -0.1) is 0 Å². The second kappa shape index (κ2) is 7.90. The molecule has 0 spiro atoms. The Bertz CT molecular complexity index is 1090. The first-order valence-corrected chi connectivity index (χ1v) is 10.3. The average molecular weight is 398 g/mol. The number of amides is 1. The number of carbonyl (C=O) groups is 1. The van der Waals surface area contributed by atoms with Crippen LogP contribution in [-0.4, -0.2) is 14.3 Å². The van der Waals surface area contributed by atoms with Gasteiger partial charge in [-0.25, -0.2) is 8.42 Å². The van der Waals surface area contributed by atoms with E-state index in [4.69, 9.17) is 4.42 Å². The molecule has 2 aromatic carbocycles. The fraction of sp³-hybridized carbons (Fsp3) is 0.190. The summed E-state index contributed by atoms with van der Waals surface area (Å²) in [5.74, 6) is 0.316. The molecular weight excluding hydrogens is 376 g/mol. The predicted octanol–water partition coefficient (Wildman–Crippen LogP) is 4.19. The molecule has 1 atom stereocenters. The van der Waals surface area contributed by atoms with Crippen molar-refractivity contribution in [2.24, 2.45) is 0 Å². The number of rotatable bonds is 6. The number of hydrogen-bond donors (Lipinski definition) is 2. The van der Waals surface area contributed by atoms with E-state index in [1.807, 2.05) is 19.9 Å². The highest BCUT2D eigenvalue weighted by molar-refractivity contribution is 7.92. The number of benzene rings is 2. The van der Waals surface area contributed by atoms with Crippen LogP contribution in [-0.2, 0) is 10.0 Å². The largest absolute Gasteiger partial charge is 0.467 e. The normalized spacial score (nSPS) is 12.4. The van der Waals surface area contributed by atoms with Gasteiger partial charge in [0.05, 0.1) is 17.2 Å². The van der Waals surface area contributed by atoms with Crippen molar-refractivity contribution in [2.75, 3.05) is 4.72 Å². The number of furan rings is 1. The number of sulfonamides is 1. The predicted molar refractivity (Wildman–Crippen MR) is 108 cm³/mol. The van der Waals surface area contributed by atoms with Crippen molar-refractivity contribution in [3.05, 3.63) is 83.3 Å². The standard InChI is InChI=1S/C21H22N2O4S/c1-14-9-10-15(2)20(12-14)28(25,26)23-18-7-4-6-17(13-18)21(24)22-16(3)19-8-5-11-27-19/h4-13,16,23H,1-3H3,(H,22,24)/t16-/m1/s1. The molecular formula is C21H22N2O4S. The molecule has 6 nitrogen and oxygen atoms in total. The van der Waals surface area contributed by atoms with E-state index < -0.39 is 10.0 Å². The summed E-state index contributed by atoms with van der Waals surface area (Å²) in [7, 11) is -3.76. The summed E-state index contributed by atoms with van der Waals surface area (Å²) in [6.45, 7) is 5.39. The lowest BCUT2D eigenvalue weighted by Crippen LogP contribution is -2.26. The first-order valence-electron chi connectivity index (χ1n) is 8.80. The van der Waals surface area contributed by atoms with Gasteiger partial charge < -0.3 is 9.73 Å². The Morgan fingerprint density at radius 3 is 2.54 bits per heavy atom. The number of hydrogen-bond acceptors (Lipinski definition) is 4. The van der Waals surface area contributed by atoms with E-state index in [1.165, 1.54) is 6.07 Å². The molecule has 3 aromatic rings. The Labute approximate surface area is 164 Å². The summed E-state index contributed by atoms with van der Waals surface area (Å²) in [5, 5.41) is 2.83. The quantitative estimate of drug-likeness (QED) is 0.652. The van der Waals surface area contributed by atoms with Gasteiger partial charge in [0.25, 0.3) is 15.9 Å². The molecule has 0 saturated heterocycles. The summed E-state index contributed by atoms with van der Waals surface area (Å²) >= 11 is 0. The van der Waals surface area contributed by atoms with Crippen LogP contribution < -0.4 is 10.0 Å². The van der Waals surface area contributed by atoms with Gasteiger partial charge >= 0.3 is 0 Å². The van der Waals surface area contributed by atoms with Gasteiger partial charge in [-0.05, 0) is 68.3 Å². The Kier molecular flexibility index (Phi) is 5.56. The highest BCUT2D eigenvalue weighted by atomic mass is 32.2. The fourth-order valence-electron chi connectivity index (χ4n) is 2.82. The van der Waals surface area contributed by atoms with Gasteiger partial charge in [-0.3, -0.25) is 9.52 Å². The average Bonchev–Trinajstić information content (AvgIpc) is 3.18. The van der Waals surface area contributed by atoms with Crippen molar-refractivity contribution in [2.45, 2.75) is 31.7 Å². The van der Waals surface area contributed by atoms with Gasteiger partial charge in [0.1, 0.15) is 5.76 Å². The first kappa shape index (κ1) is 19.7. The van der Waals surface area contributed by atoms with E-state index in [0.29, 0.717) is 22.6 Å². The third-order valence-corrected chi connectivity index (χ3v) is 5.85. The molecule has 0 fully saturated rings.